The lowest BCUT2D eigenvalue weighted by Gasteiger charge is -2.02. The number of benzene rings is 1. The Morgan fingerprint density at radius 1 is 1.06 bits per heavy atom. The van der Waals surface area contributed by atoms with Crippen LogP contribution < -0.4 is 0 Å². The van der Waals surface area contributed by atoms with Gasteiger partial charge in [0, 0.05) is 24.2 Å². The van der Waals surface area contributed by atoms with Crippen LogP contribution in [-0.2, 0) is 7.05 Å². The average Bonchev–Trinajstić information content (AvgIpc) is 2.71. The van der Waals surface area contributed by atoms with Crippen LogP contribution in [0.1, 0.15) is 0 Å². The van der Waals surface area contributed by atoms with Crippen molar-refractivity contribution in [3.05, 3.63) is 48.7 Å². The largest absolute Gasteiger partial charge is 0.268 e. The van der Waals surface area contributed by atoms with Crippen molar-refractivity contribution in [1.29, 1.82) is 0 Å². The van der Waals surface area contributed by atoms with E-state index in [4.69, 9.17) is 0 Å². The molecule has 4 heteroatoms. The number of aromatic nitrogens is 3. The van der Waals surface area contributed by atoms with Crippen LogP contribution in [0, 0.1) is 5.82 Å². The van der Waals surface area contributed by atoms with Gasteiger partial charge in [0.25, 0.3) is 0 Å². The summed E-state index contributed by atoms with van der Waals surface area (Å²) in [6.45, 7) is 0. The number of halogens is 1. The molecule has 84 valence electrons. The maximum Gasteiger partial charge on any atom is 0.142 e. The molecular formula is C13H10FN3. The minimum absolute atomic E-state index is 0.325. The molecule has 0 aliphatic carbocycles. The van der Waals surface area contributed by atoms with E-state index in [0.29, 0.717) is 0 Å². The molecule has 0 amide bonds. The van der Waals surface area contributed by atoms with E-state index in [0.717, 1.165) is 22.0 Å². The number of hydrogen-bond donors (Lipinski definition) is 0. The van der Waals surface area contributed by atoms with E-state index in [1.165, 1.54) is 12.3 Å². The summed E-state index contributed by atoms with van der Waals surface area (Å²) in [5, 5.41) is 5.21. The first-order valence-electron chi connectivity index (χ1n) is 5.27. The second-order valence-corrected chi connectivity index (χ2v) is 3.93. The molecule has 0 unspecified atom stereocenters. The Balaban J connectivity index is 2.18. The van der Waals surface area contributed by atoms with Crippen molar-refractivity contribution >= 4 is 10.9 Å². The van der Waals surface area contributed by atoms with E-state index in [2.05, 4.69) is 10.1 Å². The fourth-order valence-electron chi connectivity index (χ4n) is 1.91. The van der Waals surface area contributed by atoms with Crippen molar-refractivity contribution in [3.63, 3.8) is 0 Å². The second kappa shape index (κ2) is 3.66. The Morgan fingerprint density at radius 2 is 1.94 bits per heavy atom. The van der Waals surface area contributed by atoms with Gasteiger partial charge in [0.2, 0.25) is 0 Å². The third-order valence-electron chi connectivity index (χ3n) is 2.78. The monoisotopic (exact) mass is 227 g/mol. The molecule has 3 rings (SSSR count). The molecule has 0 aliphatic rings. The smallest absolute Gasteiger partial charge is 0.142 e. The lowest BCUT2D eigenvalue weighted by Crippen LogP contribution is -1.88. The van der Waals surface area contributed by atoms with Crippen molar-refractivity contribution in [2.45, 2.75) is 0 Å². The number of aryl methyl sites for hydroxylation is 1. The highest BCUT2D eigenvalue weighted by molar-refractivity contribution is 5.84. The summed E-state index contributed by atoms with van der Waals surface area (Å²) >= 11 is 0. The lowest BCUT2D eigenvalue weighted by atomic mass is 10.1. The van der Waals surface area contributed by atoms with Crippen molar-refractivity contribution in [3.8, 4) is 11.1 Å². The summed E-state index contributed by atoms with van der Waals surface area (Å²) in [4.78, 5) is 3.85. The van der Waals surface area contributed by atoms with Gasteiger partial charge in [-0.05, 0) is 23.8 Å². The Morgan fingerprint density at radius 3 is 2.76 bits per heavy atom. The number of pyridine rings is 1. The zero-order valence-corrected chi connectivity index (χ0v) is 9.26. The van der Waals surface area contributed by atoms with E-state index >= 15 is 0 Å². The summed E-state index contributed by atoms with van der Waals surface area (Å²) in [6.07, 6.45) is 4.65. The number of fused-ring (bicyclic) bond motifs is 1. The van der Waals surface area contributed by atoms with Crippen LogP contribution in [-0.4, -0.2) is 14.8 Å². The summed E-state index contributed by atoms with van der Waals surface area (Å²) in [7, 11) is 1.89. The fraction of sp³-hybridized carbons (Fsp3) is 0.0769. The average molecular weight is 227 g/mol. The van der Waals surface area contributed by atoms with E-state index in [1.54, 1.807) is 12.4 Å². The van der Waals surface area contributed by atoms with Crippen molar-refractivity contribution in [1.82, 2.24) is 14.8 Å². The van der Waals surface area contributed by atoms with Crippen molar-refractivity contribution < 1.29 is 4.39 Å². The van der Waals surface area contributed by atoms with Gasteiger partial charge in [-0.15, -0.1) is 0 Å². The minimum atomic E-state index is -0.325. The predicted octanol–water partition coefficient (Wildman–Crippen LogP) is 2.77. The molecule has 0 saturated carbocycles. The van der Waals surface area contributed by atoms with E-state index < -0.39 is 0 Å². The molecule has 17 heavy (non-hydrogen) atoms. The molecule has 0 N–H and O–H groups in total. The van der Waals surface area contributed by atoms with E-state index in [-0.39, 0.29) is 5.82 Å². The molecule has 0 aliphatic heterocycles. The summed E-state index contributed by atoms with van der Waals surface area (Å²) in [5.74, 6) is -0.325. The van der Waals surface area contributed by atoms with Crippen LogP contribution in [0.15, 0.2) is 42.9 Å². The molecular weight excluding hydrogens is 217 g/mol. The van der Waals surface area contributed by atoms with Gasteiger partial charge < -0.3 is 0 Å². The van der Waals surface area contributed by atoms with Gasteiger partial charge in [0.05, 0.1) is 17.9 Å². The highest BCUT2D eigenvalue weighted by atomic mass is 19.1. The number of nitrogens with zero attached hydrogens (tertiary/aromatic N) is 3. The molecule has 3 aromatic rings. The Bertz CT molecular complexity index is 688. The van der Waals surface area contributed by atoms with E-state index in [9.17, 15) is 4.39 Å². The molecule has 3 nitrogen and oxygen atoms in total. The van der Waals surface area contributed by atoms with Crippen LogP contribution in [0.5, 0.6) is 0 Å². The molecule has 0 saturated heterocycles. The summed E-state index contributed by atoms with van der Waals surface area (Å²) in [6, 6.07) is 7.38. The Hall–Kier alpha value is -2.23. The summed E-state index contributed by atoms with van der Waals surface area (Å²) in [5.41, 5.74) is 2.77. The first-order chi connectivity index (χ1) is 8.24. The Labute approximate surface area is 97.5 Å². The molecule has 2 heterocycles. The van der Waals surface area contributed by atoms with Crippen LogP contribution in [0.4, 0.5) is 4.39 Å². The van der Waals surface area contributed by atoms with Gasteiger partial charge in [-0.1, -0.05) is 6.07 Å². The predicted molar refractivity (Wildman–Crippen MR) is 63.9 cm³/mol. The molecule has 0 atom stereocenters. The minimum Gasteiger partial charge on any atom is -0.268 e. The molecule has 2 aromatic heterocycles. The topological polar surface area (TPSA) is 30.7 Å². The zero-order chi connectivity index (χ0) is 11.8. The Kier molecular flexibility index (Phi) is 2.14. The van der Waals surface area contributed by atoms with Crippen molar-refractivity contribution in [2.75, 3.05) is 0 Å². The van der Waals surface area contributed by atoms with Crippen LogP contribution in [0.3, 0.4) is 0 Å². The van der Waals surface area contributed by atoms with Gasteiger partial charge in [-0.25, -0.2) is 4.39 Å². The highest BCUT2D eigenvalue weighted by Gasteiger charge is 2.04. The lowest BCUT2D eigenvalue weighted by molar-refractivity contribution is 0.622. The fourth-order valence-corrected chi connectivity index (χ4v) is 1.91. The zero-order valence-electron chi connectivity index (χ0n) is 9.26. The SMILES string of the molecule is Cn1ncc2cc(-c3cncc(F)c3)ccc21. The van der Waals surface area contributed by atoms with Crippen LogP contribution >= 0.6 is 0 Å². The first kappa shape index (κ1) is 9.96. The molecule has 0 bridgehead atoms. The molecule has 0 radical (unpaired) electrons. The second-order valence-electron chi connectivity index (χ2n) is 3.93. The van der Waals surface area contributed by atoms with Crippen molar-refractivity contribution in [2.24, 2.45) is 7.05 Å². The number of rotatable bonds is 1. The molecule has 1 aromatic carbocycles. The normalized spacial score (nSPS) is 10.9. The molecule has 0 fully saturated rings. The number of hydrogen-bond acceptors (Lipinski definition) is 2. The van der Waals surface area contributed by atoms with Gasteiger partial charge in [-0.2, -0.15) is 5.10 Å². The first-order valence-corrected chi connectivity index (χ1v) is 5.27. The third kappa shape index (κ3) is 1.67. The third-order valence-corrected chi connectivity index (χ3v) is 2.78. The maximum absolute atomic E-state index is 13.1. The summed E-state index contributed by atoms with van der Waals surface area (Å²) < 4.78 is 14.9. The van der Waals surface area contributed by atoms with Crippen LogP contribution in [0.2, 0.25) is 0 Å². The van der Waals surface area contributed by atoms with Gasteiger partial charge >= 0.3 is 0 Å². The standard InChI is InChI=1S/C13H10FN3/c1-17-13-3-2-9(4-11(13)7-16-17)10-5-12(14)8-15-6-10/h2-8H,1H3. The van der Waals surface area contributed by atoms with Gasteiger partial charge in [-0.3, -0.25) is 9.67 Å². The van der Waals surface area contributed by atoms with Gasteiger partial charge in [0.15, 0.2) is 0 Å². The quantitative estimate of drug-likeness (QED) is 0.640. The van der Waals surface area contributed by atoms with E-state index in [1.807, 2.05) is 29.9 Å². The molecule has 0 spiro atoms. The van der Waals surface area contributed by atoms with Gasteiger partial charge in [0.1, 0.15) is 5.82 Å². The van der Waals surface area contributed by atoms with Crippen LogP contribution in [0.25, 0.3) is 22.0 Å². The highest BCUT2D eigenvalue weighted by Crippen LogP contribution is 2.23. The maximum atomic E-state index is 13.1.